The van der Waals surface area contributed by atoms with E-state index < -0.39 is 12.2 Å². The van der Waals surface area contributed by atoms with Crippen LogP contribution in [0.25, 0.3) is 0 Å². The molecule has 10 heteroatoms. The number of aliphatic hydroxyl groups is 1. The smallest absolute Gasteiger partial charge is 0.140 e. The lowest BCUT2D eigenvalue weighted by atomic mass is 9.88. The number of hydrogen-bond donors (Lipinski definition) is 5. The molecule has 0 aromatic heterocycles. The topological polar surface area (TPSA) is 186 Å². The SMILES string of the molecule is NCC(CCCOC[C@H]1OCC[C@@H](OCCCC(CN)C(=O)[C@@H]2CC[C@@H](CN)C2)[C@@H]1O)C(=O)[C@@H]1CC[C@@H](CN)C1. The van der Waals surface area contributed by atoms with Crippen LogP contribution in [-0.4, -0.2) is 87.6 Å². The zero-order valence-corrected chi connectivity index (χ0v) is 24.4. The van der Waals surface area contributed by atoms with Crippen molar-refractivity contribution in [2.24, 2.45) is 58.4 Å². The number of carbonyl (C=O) groups is 2. The molecule has 0 spiro atoms. The van der Waals surface area contributed by atoms with Crippen LogP contribution in [-0.2, 0) is 23.8 Å². The fraction of sp³-hybridized carbons (Fsp3) is 0.933. The van der Waals surface area contributed by atoms with Crippen molar-refractivity contribution < 1.29 is 28.9 Å². The predicted octanol–water partition coefficient (Wildman–Crippen LogP) is 1.14. The monoisotopic (exact) mass is 568 g/mol. The number of ether oxygens (including phenoxy) is 3. The number of nitrogens with two attached hydrogens (primary N) is 4. The number of aliphatic hydroxyl groups excluding tert-OH is 1. The summed E-state index contributed by atoms with van der Waals surface area (Å²) in [4.78, 5) is 25.7. The minimum Gasteiger partial charge on any atom is -0.388 e. The highest BCUT2D eigenvalue weighted by molar-refractivity contribution is 5.84. The lowest BCUT2D eigenvalue weighted by Crippen LogP contribution is -2.48. The molecule has 3 rings (SSSR count). The van der Waals surface area contributed by atoms with Crippen LogP contribution in [0.4, 0.5) is 0 Å². The molecule has 0 aromatic rings. The Bertz CT molecular complexity index is 758. The van der Waals surface area contributed by atoms with Gasteiger partial charge in [0.1, 0.15) is 23.8 Å². The van der Waals surface area contributed by atoms with Gasteiger partial charge in [-0.05, 0) is 95.6 Å². The average Bonchev–Trinajstić information content (AvgIpc) is 3.66. The highest BCUT2D eigenvalue weighted by Crippen LogP contribution is 2.34. The van der Waals surface area contributed by atoms with Crippen LogP contribution in [0.2, 0.25) is 0 Å². The van der Waals surface area contributed by atoms with Crippen LogP contribution in [0.15, 0.2) is 0 Å². The Hall–Kier alpha value is -0.980. The van der Waals surface area contributed by atoms with Gasteiger partial charge in [-0.3, -0.25) is 9.59 Å². The molecule has 2 aliphatic carbocycles. The lowest BCUT2D eigenvalue weighted by molar-refractivity contribution is -0.171. The third kappa shape index (κ3) is 9.80. The molecule has 0 radical (unpaired) electrons. The van der Waals surface area contributed by atoms with Gasteiger partial charge in [-0.15, -0.1) is 0 Å². The molecule has 1 saturated heterocycles. The van der Waals surface area contributed by atoms with Crippen LogP contribution >= 0.6 is 0 Å². The Labute approximate surface area is 240 Å². The van der Waals surface area contributed by atoms with Gasteiger partial charge in [0.05, 0.1) is 12.7 Å². The summed E-state index contributed by atoms with van der Waals surface area (Å²) in [6.45, 7) is 3.75. The van der Waals surface area contributed by atoms with E-state index in [9.17, 15) is 14.7 Å². The molecule has 3 aliphatic rings. The molecule has 1 aliphatic heterocycles. The maximum absolute atomic E-state index is 12.9. The van der Waals surface area contributed by atoms with Gasteiger partial charge in [-0.2, -0.15) is 0 Å². The van der Waals surface area contributed by atoms with Gasteiger partial charge in [0.15, 0.2) is 0 Å². The molecule has 9 atom stereocenters. The highest BCUT2D eigenvalue weighted by Gasteiger charge is 2.35. The van der Waals surface area contributed by atoms with E-state index >= 15 is 0 Å². The van der Waals surface area contributed by atoms with Crippen molar-refractivity contribution in [1.29, 1.82) is 0 Å². The van der Waals surface area contributed by atoms with Crippen LogP contribution in [0.5, 0.6) is 0 Å². The maximum atomic E-state index is 12.9. The van der Waals surface area contributed by atoms with Gasteiger partial charge in [-0.1, -0.05) is 0 Å². The third-order valence-electron chi connectivity index (χ3n) is 9.58. The molecule has 10 nitrogen and oxygen atoms in total. The molecular weight excluding hydrogens is 512 g/mol. The minimum absolute atomic E-state index is 0.0964. The largest absolute Gasteiger partial charge is 0.388 e. The van der Waals surface area contributed by atoms with E-state index in [4.69, 9.17) is 37.1 Å². The van der Waals surface area contributed by atoms with Crippen molar-refractivity contribution in [3.05, 3.63) is 0 Å². The number of hydrogen-bond acceptors (Lipinski definition) is 10. The second-order valence-electron chi connectivity index (χ2n) is 12.4. The summed E-state index contributed by atoms with van der Waals surface area (Å²) < 4.78 is 17.6. The van der Waals surface area contributed by atoms with Gasteiger partial charge in [0.25, 0.3) is 0 Å². The Kier molecular flexibility index (Phi) is 15.0. The maximum Gasteiger partial charge on any atom is 0.140 e. The van der Waals surface area contributed by atoms with Gasteiger partial charge in [-0.25, -0.2) is 0 Å². The van der Waals surface area contributed by atoms with Crippen molar-refractivity contribution in [1.82, 2.24) is 0 Å². The Morgan fingerprint density at radius 1 is 0.800 bits per heavy atom. The Morgan fingerprint density at radius 2 is 1.35 bits per heavy atom. The third-order valence-corrected chi connectivity index (χ3v) is 9.58. The predicted molar refractivity (Wildman–Crippen MR) is 154 cm³/mol. The molecule has 232 valence electrons. The zero-order chi connectivity index (χ0) is 28.9. The first kappa shape index (κ1) is 33.5. The highest BCUT2D eigenvalue weighted by atomic mass is 16.6. The summed E-state index contributed by atoms with van der Waals surface area (Å²) in [5.74, 6) is 1.41. The van der Waals surface area contributed by atoms with Crippen molar-refractivity contribution in [3.8, 4) is 0 Å². The van der Waals surface area contributed by atoms with E-state index in [1.807, 2.05) is 0 Å². The van der Waals surface area contributed by atoms with Gasteiger partial charge < -0.3 is 42.3 Å². The molecule has 1 heterocycles. The Morgan fingerprint density at radius 3 is 1.85 bits per heavy atom. The fourth-order valence-electron chi connectivity index (χ4n) is 6.88. The molecule has 9 N–H and O–H groups in total. The average molecular weight is 569 g/mol. The van der Waals surface area contributed by atoms with E-state index in [0.29, 0.717) is 77.1 Å². The Balaban J connectivity index is 1.29. The zero-order valence-electron chi connectivity index (χ0n) is 24.4. The molecular formula is C30H56N4O6. The first-order chi connectivity index (χ1) is 19.4. The van der Waals surface area contributed by atoms with E-state index in [1.54, 1.807) is 0 Å². The van der Waals surface area contributed by atoms with Crippen LogP contribution in [0.1, 0.15) is 70.6 Å². The quantitative estimate of drug-likeness (QED) is 0.141. The van der Waals surface area contributed by atoms with Crippen molar-refractivity contribution in [3.63, 3.8) is 0 Å². The van der Waals surface area contributed by atoms with Crippen molar-refractivity contribution in [2.75, 3.05) is 52.6 Å². The number of rotatable bonds is 19. The van der Waals surface area contributed by atoms with Crippen LogP contribution < -0.4 is 22.9 Å². The van der Waals surface area contributed by atoms with Crippen molar-refractivity contribution in [2.45, 2.75) is 88.9 Å². The molecule has 40 heavy (non-hydrogen) atoms. The molecule has 0 bridgehead atoms. The molecule has 0 amide bonds. The second-order valence-corrected chi connectivity index (χ2v) is 12.4. The van der Waals surface area contributed by atoms with Crippen LogP contribution in [0, 0.1) is 35.5 Å². The molecule has 2 unspecified atom stereocenters. The van der Waals surface area contributed by atoms with Gasteiger partial charge >= 0.3 is 0 Å². The molecule has 2 saturated carbocycles. The standard InChI is InChI=1S/C30H56N4O6/c31-15-20-5-7-22(13-20)28(35)24(17-33)3-1-10-38-19-27-30(37)26(9-12-40-27)39-11-2-4-25(18-34)29(36)23-8-6-21(14-23)16-32/h20-27,30,37H,1-19,31-34H2/t20-,21-,22-,23-,24?,25?,26-,27-,30+/m1/s1. The number of carbonyl (C=O) groups excluding carboxylic acids is 2. The summed E-state index contributed by atoms with van der Waals surface area (Å²) in [5.41, 5.74) is 23.4. The first-order valence-corrected chi connectivity index (χ1v) is 15.8. The minimum atomic E-state index is -0.774. The summed E-state index contributed by atoms with van der Waals surface area (Å²) in [6, 6.07) is 0. The van der Waals surface area contributed by atoms with Gasteiger partial charge in [0.2, 0.25) is 0 Å². The number of Topliss-reactive ketones (excluding diaryl/α,β-unsaturated/α-hetero) is 2. The summed E-state index contributed by atoms with van der Waals surface area (Å²) >= 11 is 0. The summed E-state index contributed by atoms with van der Waals surface area (Å²) in [6.07, 6.45) is 7.64. The van der Waals surface area contributed by atoms with E-state index in [1.165, 1.54) is 0 Å². The van der Waals surface area contributed by atoms with E-state index in [2.05, 4.69) is 0 Å². The molecule has 3 fully saturated rings. The summed E-state index contributed by atoms with van der Waals surface area (Å²) in [7, 11) is 0. The van der Waals surface area contributed by atoms with Gasteiger partial charge in [0, 0.05) is 56.6 Å². The van der Waals surface area contributed by atoms with Crippen LogP contribution in [0.3, 0.4) is 0 Å². The van der Waals surface area contributed by atoms with E-state index in [0.717, 1.165) is 51.4 Å². The second kappa shape index (κ2) is 17.9. The fourth-order valence-corrected chi connectivity index (χ4v) is 6.88. The number of ketones is 2. The molecule has 0 aromatic carbocycles. The van der Waals surface area contributed by atoms with E-state index in [-0.39, 0.29) is 47.9 Å². The van der Waals surface area contributed by atoms with Crippen molar-refractivity contribution >= 4 is 11.6 Å². The normalized spacial score (nSPS) is 32.3. The first-order valence-electron chi connectivity index (χ1n) is 15.8. The lowest BCUT2D eigenvalue weighted by Gasteiger charge is -2.34. The summed E-state index contributed by atoms with van der Waals surface area (Å²) in [5, 5.41) is 10.8.